The molecule has 0 bridgehead atoms. The molecule has 0 heterocycles. The molecule has 2 nitrogen and oxygen atoms in total. The van der Waals surface area contributed by atoms with E-state index in [2.05, 4.69) is 0 Å². The van der Waals surface area contributed by atoms with Crippen molar-refractivity contribution in [2.45, 2.75) is 32.4 Å². The lowest BCUT2D eigenvalue weighted by Gasteiger charge is -2.31. The summed E-state index contributed by atoms with van der Waals surface area (Å²) >= 11 is 5.82. The fourth-order valence-corrected chi connectivity index (χ4v) is 1.66. The summed E-state index contributed by atoms with van der Waals surface area (Å²) in [6.45, 7) is 6.62. The summed E-state index contributed by atoms with van der Waals surface area (Å²) in [5.41, 5.74) is 6.82. The first kappa shape index (κ1) is 12.5. The van der Waals surface area contributed by atoms with Gasteiger partial charge in [-0.25, -0.2) is 0 Å². The molecule has 0 spiro atoms. The van der Waals surface area contributed by atoms with Crippen LogP contribution in [0.15, 0.2) is 24.3 Å². The zero-order valence-corrected chi connectivity index (χ0v) is 10.2. The highest BCUT2D eigenvalue weighted by Gasteiger charge is 2.27. The number of ether oxygens (including phenoxy) is 1. The fourth-order valence-electron chi connectivity index (χ4n) is 1.53. The molecule has 0 fully saturated rings. The maximum atomic E-state index is 6.14. The first-order valence-corrected chi connectivity index (χ1v) is 5.50. The maximum Gasteiger partial charge on any atom is 0.0818 e. The SMILES string of the molecule is CCOC(C)(C)C(N)c1ccc(Cl)cc1. The van der Waals surface area contributed by atoms with E-state index in [-0.39, 0.29) is 11.6 Å². The zero-order chi connectivity index (χ0) is 11.5. The Labute approximate surface area is 96.4 Å². The first-order chi connectivity index (χ1) is 6.97. The summed E-state index contributed by atoms with van der Waals surface area (Å²) in [5, 5.41) is 0.722. The van der Waals surface area contributed by atoms with Crippen LogP contribution in [0.1, 0.15) is 32.4 Å². The second-order valence-electron chi connectivity index (χ2n) is 4.07. The van der Waals surface area contributed by atoms with Gasteiger partial charge in [-0.3, -0.25) is 0 Å². The Morgan fingerprint density at radius 3 is 2.33 bits per heavy atom. The minimum Gasteiger partial charge on any atom is -0.374 e. The van der Waals surface area contributed by atoms with Crippen LogP contribution in [0.5, 0.6) is 0 Å². The van der Waals surface area contributed by atoms with Crippen molar-refractivity contribution in [1.29, 1.82) is 0 Å². The molecule has 1 aromatic carbocycles. The van der Waals surface area contributed by atoms with Crippen molar-refractivity contribution in [3.63, 3.8) is 0 Å². The number of hydrogen-bond acceptors (Lipinski definition) is 2. The Bertz CT molecular complexity index is 308. The highest BCUT2D eigenvalue weighted by molar-refractivity contribution is 6.30. The second-order valence-corrected chi connectivity index (χ2v) is 4.50. The summed E-state index contributed by atoms with van der Waals surface area (Å²) in [5.74, 6) is 0. The van der Waals surface area contributed by atoms with Crippen LogP contribution in [-0.2, 0) is 4.74 Å². The average Bonchev–Trinajstić information content (AvgIpc) is 2.18. The van der Waals surface area contributed by atoms with E-state index in [1.54, 1.807) is 0 Å². The maximum absolute atomic E-state index is 6.14. The third kappa shape index (κ3) is 3.20. The van der Waals surface area contributed by atoms with E-state index in [0.29, 0.717) is 6.61 Å². The first-order valence-electron chi connectivity index (χ1n) is 5.12. The van der Waals surface area contributed by atoms with E-state index < -0.39 is 0 Å². The van der Waals surface area contributed by atoms with Gasteiger partial charge in [-0.1, -0.05) is 23.7 Å². The van der Waals surface area contributed by atoms with Gasteiger partial charge in [0.25, 0.3) is 0 Å². The van der Waals surface area contributed by atoms with E-state index in [1.165, 1.54) is 0 Å². The van der Waals surface area contributed by atoms with Crippen LogP contribution in [-0.4, -0.2) is 12.2 Å². The molecule has 1 unspecified atom stereocenters. The van der Waals surface area contributed by atoms with Crippen molar-refractivity contribution in [1.82, 2.24) is 0 Å². The van der Waals surface area contributed by atoms with Crippen LogP contribution in [0, 0.1) is 0 Å². The summed E-state index contributed by atoms with van der Waals surface area (Å²) in [6, 6.07) is 7.42. The van der Waals surface area contributed by atoms with Gasteiger partial charge in [0, 0.05) is 11.6 Å². The van der Waals surface area contributed by atoms with E-state index in [9.17, 15) is 0 Å². The van der Waals surface area contributed by atoms with Crippen LogP contribution < -0.4 is 5.73 Å². The predicted octanol–water partition coefficient (Wildman–Crippen LogP) is 3.15. The Hall–Kier alpha value is -0.570. The fraction of sp³-hybridized carbons (Fsp3) is 0.500. The topological polar surface area (TPSA) is 35.2 Å². The molecule has 3 heteroatoms. The van der Waals surface area contributed by atoms with E-state index in [1.807, 2.05) is 45.0 Å². The lowest BCUT2D eigenvalue weighted by atomic mass is 9.92. The van der Waals surface area contributed by atoms with Crippen molar-refractivity contribution in [3.8, 4) is 0 Å². The zero-order valence-electron chi connectivity index (χ0n) is 9.46. The molecule has 1 atom stereocenters. The molecule has 0 aliphatic carbocycles. The number of halogens is 1. The molecule has 0 radical (unpaired) electrons. The third-order valence-electron chi connectivity index (χ3n) is 2.49. The number of nitrogens with two attached hydrogens (primary N) is 1. The molecule has 1 aromatic rings. The number of rotatable bonds is 4. The predicted molar refractivity (Wildman–Crippen MR) is 64.1 cm³/mol. The quantitative estimate of drug-likeness (QED) is 0.858. The lowest BCUT2D eigenvalue weighted by molar-refractivity contribution is -0.0297. The molecule has 0 aliphatic rings. The van der Waals surface area contributed by atoms with E-state index in [0.717, 1.165) is 10.6 Å². The van der Waals surface area contributed by atoms with Gasteiger partial charge < -0.3 is 10.5 Å². The van der Waals surface area contributed by atoms with Gasteiger partial charge in [0.2, 0.25) is 0 Å². The van der Waals surface area contributed by atoms with Gasteiger partial charge in [0.05, 0.1) is 11.6 Å². The molecule has 84 valence electrons. The Morgan fingerprint density at radius 2 is 1.87 bits per heavy atom. The van der Waals surface area contributed by atoms with Gasteiger partial charge in [0.1, 0.15) is 0 Å². The smallest absolute Gasteiger partial charge is 0.0818 e. The summed E-state index contributed by atoms with van der Waals surface area (Å²) < 4.78 is 5.62. The van der Waals surface area contributed by atoms with Crippen LogP contribution in [0.2, 0.25) is 5.02 Å². The van der Waals surface area contributed by atoms with Crippen molar-refractivity contribution >= 4 is 11.6 Å². The van der Waals surface area contributed by atoms with Crippen LogP contribution in [0.25, 0.3) is 0 Å². The van der Waals surface area contributed by atoms with E-state index in [4.69, 9.17) is 22.1 Å². The monoisotopic (exact) mass is 227 g/mol. The second kappa shape index (κ2) is 4.97. The summed E-state index contributed by atoms with van der Waals surface area (Å²) in [4.78, 5) is 0. The molecule has 1 rings (SSSR count). The highest BCUT2D eigenvalue weighted by Crippen LogP contribution is 2.27. The summed E-state index contributed by atoms with van der Waals surface area (Å²) in [6.07, 6.45) is 0. The van der Waals surface area contributed by atoms with Crippen molar-refractivity contribution in [2.24, 2.45) is 5.73 Å². The Morgan fingerprint density at radius 1 is 1.33 bits per heavy atom. The number of benzene rings is 1. The molecular formula is C12H18ClNO. The molecule has 0 aromatic heterocycles. The average molecular weight is 228 g/mol. The number of hydrogen-bond donors (Lipinski definition) is 1. The summed E-state index contributed by atoms with van der Waals surface area (Å²) in [7, 11) is 0. The normalized spacial score (nSPS) is 13.9. The van der Waals surface area contributed by atoms with Crippen LogP contribution >= 0.6 is 11.6 Å². The van der Waals surface area contributed by atoms with Crippen molar-refractivity contribution < 1.29 is 4.74 Å². The van der Waals surface area contributed by atoms with Gasteiger partial charge in [-0.15, -0.1) is 0 Å². The molecule has 0 amide bonds. The van der Waals surface area contributed by atoms with Gasteiger partial charge in [0.15, 0.2) is 0 Å². The lowest BCUT2D eigenvalue weighted by Crippen LogP contribution is -2.38. The van der Waals surface area contributed by atoms with Crippen LogP contribution in [0.4, 0.5) is 0 Å². The minimum absolute atomic E-state index is 0.144. The van der Waals surface area contributed by atoms with Gasteiger partial charge >= 0.3 is 0 Å². The standard InChI is InChI=1S/C12H18ClNO/c1-4-15-12(2,3)11(14)9-5-7-10(13)8-6-9/h5-8,11H,4,14H2,1-3H3. The van der Waals surface area contributed by atoms with Crippen LogP contribution in [0.3, 0.4) is 0 Å². The third-order valence-corrected chi connectivity index (χ3v) is 2.75. The molecule has 15 heavy (non-hydrogen) atoms. The minimum atomic E-state index is -0.359. The largest absolute Gasteiger partial charge is 0.374 e. The van der Waals surface area contributed by atoms with Gasteiger partial charge in [-0.05, 0) is 38.5 Å². The van der Waals surface area contributed by atoms with Gasteiger partial charge in [-0.2, -0.15) is 0 Å². The molecule has 2 N–H and O–H groups in total. The molecular weight excluding hydrogens is 210 g/mol. The highest BCUT2D eigenvalue weighted by atomic mass is 35.5. The van der Waals surface area contributed by atoms with Crippen molar-refractivity contribution in [3.05, 3.63) is 34.9 Å². The Kier molecular flexibility index (Phi) is 4.14. The van der Waals surface area contributed by atoms with Crippen molar-refractivity contribution in [2.75, 3.05) is 6.61 Å². The molecule has 0 aliphatic heterocycles. The molecule has 0 saturated heterocycles. The Balaban J connectivity index is 2.84. The molecule has 0 saturated carbocycles. The van der Waals surface area contributed by atoms with E-state index >= 15 is 0 Å².